The highest BCUT2D eigenvalue weighted by Gasteiger charge is 2.19. The maximum atomic E-state index is 13.6. The van der Waals surface area contributed by atoms with Crippen LogP contribution in [0.5, 0.6) is 0 Å². The van der Waals surface area contributed by atoms with Crippen molar-refractivity contribution in [1.82, 2.24) is 9.38 Å². The van der Waals surface area contributed by atoms with Crippen molar-refractivity contribution in [3.05, 3.63) is 82.8 Å². The lowest BCUT2D eigenvalue weighted by molar-refractivity contribution is 0.628. The molecule has 0 unspecified atom stereocenters. The number of hydrogen-bond acceptors (Lipinski definition) is 2. The number of halogens is 2. The van der Waals surface area contributed by atoms with Gasteiger partial charge in [-0.25, -0.2) is 9.37 Å². The maximum absolute atomic E-state index is 13.6. The molecular formula is C22H19ClFN3. The van der Waals surface area contributed by atoms with Gasteiger partial charge in [-0.1, -0.05) is 42.8 Å². The molecule has 0 radical (unpaired) electrons. The number of imidazole rings is 1. The zero-order valence-electron chi connectivity index (χ0n) is 15.1. The number of rotatable bonds is 4. The van der Waals surface area contributed by atoms with Gasteiger partial charge in [-0.2, -0.15) is 0 Å². The number of anilines is 2. The van der Waals surface area contributed by atoms with Crippen molar-refractivity contribution >= 4 is 28.8 Å². The Morgan fingerprint density at radius 1 is 1.07 bits per heavy atom. The average Bonchev–Trinajstić information content (AvgIpc) is 3.02. The predicted octanol–water partition coefficient (Wildman–Crippen LogP) is 6.41. The summed E-state index contributed by atoms with van der Waals surface area (Å²) in [5.74, 6) is 0.459. The Bertz CT molecular complexity index is 1130. The zero-order valence-corrected chi connectivity index (χ0v) is 15.9. The van der Waals surface area contributed by atoms with Crippen LogP contribution >= 0.6 is 11.6 Å². The van der Waals surface area contributed by atoms with Gasteiger partial charge in [-0.3, -0.25) is 4.40 Å². The smallest absolute Gasteiger partial charge is 0.143 e. The summed E-state index contributed by atoms with van der Waals surface area (Å²) in [6.07, 6.45) is 0.854. The fraction of sp³-hybridized carbons (Fsp3) is 0.136. The molecule has 0 spiro atoms. The first-order valence-corrected chi connectivity index (χ1v) is 9.24. The van der Waals surface area contributed by atoms with Crippen LogP contribution in [0.4, 0.5) is 15.9 Å². The van der Waals surface area contributed by atoms with E-state index in [2.05, 4.69) is 35.7 Å². The molecule has 0 amide bonds. The minimum absolute atomic E-state index is 0.337. The number of nitrogens with one attached hydrogen (secondary N) is 1. The molecule has 3 nitrogen and oxygen atoms in total. The van der Waals surface area contributed by atoms with Crippen molar-refractivity contribution in [3.63, 3.8) is 0 Å². The van der Waals surface area contributed by atoms with Gasteiger partial charge in [0.25, 0.3) is 0 Å². The Labute approximate surface area is 162 Å². The molecule has 0 fully saturated rings. The maximum Gasteiger partial charge on any atom is 0.143 e. The van der Waals surface area contributed by atoms with Crippen molar-refractivity contribution < 1.29 is 4.39 Å². The molecule has 0 saturated heterocycles. The number of benzene rings is 2. The third kappa shape index (κ3) is 3.17. The standard InChI is InChI=1S/C22H19ClFN3/c1-3-16-8-6-10-20-26-21(17-12-11-15(24)13-18(17)23)22(27(16)20)25-19-9-5-4-7-14(19)2/h4-13,25H,3H2,1-2H3. The highest BCUT2D eigenvalue weighted by Crippen LogP contribution is 2.36. The lowest BCUT2D eigenvalue weighted by Gasteiger charge is -2.13. The summed E-state index contributed by atoms with van der Waals surface area (Å²) < 4.78 is 15.7. The topological polar surface area (TPSA) is 29.3 Å². The van der Waals surface area contributed by atoms with Crippen LogP contribution in [0.3, 0.4) is 0 Å². The summed E-state index contributed by atoms with van der Waals surface area (Å²) >= 11 is 6.35. The Balaban J connectivity index is 1.99. The van der Waals surface area contributed by atoms with E-state index in [1.165, 1.54) is 12.1 Å². The van der Waals surface area contributed by atoms with Crippen LogP contribution in [0.25, 0.3) is 16.9 Å². The van der Waals surface area contributed by atoms with Crippen LogP contribution < -0.4 is 5.32 Å². The molecule has 2 heterocycles. The van der Waals surface area contributed by atoms with E-state index in [0.29, 0.717) is 16.3 Å². The van der Waals surface area contributed by atoms with E-state index in [1.807, 2.05) is 30.3 Å². The summed E-state index contributed by atoms with van der Waals surface area (Å²) in [6, 6.07) is 18.5. The zero-order chi connectivity index (χ0) is 19.0. The second kappa shape index (κ2) is 7.05. The molecule has 0 aliphatic carbocycles. The predicted molar refractivity (Wildman–Crippen MR) is 109 cm³/mol. The molecule has 27 heavy (non-hydrogen) atoms. The summed E-state index contributed by atoms with van der Waals surface area (Å²) in [4.78, 5) is 4.80. The normalized spacial score (nSPS) is 11.1. The summed E-state index contributed by atoms with van der Waals surface area (Å²) in [6.45, 7) is 4.16. The molecular weight excluding hydrogens is 361 g/mol. The van der Waals surface area contributed by atoms with Crippen molar-refractivity contribution in [2.24, 2.45) is 0 Å². The molecule has 2 aromatic heterocycles. The first kappa shape index (κ1) is 17.6. The minimum Gasteiger partial charge on any atom is -0.339 e. The monoisotopic (exact) mass is 379 g/mol. The van der Waals surface area contributed by atoms with Crippen LogP contribution in [-0.2, 0) is 6.42 Å². The van der Waals surface area contributed by atoms with Gasteiger partial charge in [-0.05, 0) is 55.3 Å². The molecule has 4 aromatic rings. The van der Waals surface area contributed by atoms with Crippen LogP contribution in [0.15, 0.2) is 60.7 Å². The molecule has 0 aliphatic rings. The Morgan fingerprint density at radius 3 is 2.63 bits per heavy atom. The van der Waals surface area contributed by atoms with E-state index >= 15 is 0 Å². The van der Waals surface area contributed by atoms with Crippen molar-refractivity contribution in [2.75, 3.05) is 5.32 Å². The number of aryl methyl sites for hydroxylation is 2. The number of aromatic nitrogens is 2. The average molecular weight is 380 g/mol. The highest BCUT2D eigenvalue weighted by molar-refractivity contribution is 6.33. The molecule has 0 saturated carbocycles. The second-order valence-corrected chi connectivity index (χ2v) is 6.84. The SMILES string of the molecule is CCc1cccc2nc(-c3ccc(F)cc3Cl)c(Nc3ccccc3C)n12. The lowest BCUT2D eigenvalue weighted by Crippen LogP contribution is -2.02. The van der Waals surface area contributed by atoms with E-state index in [4.69, 9.17) is 16.6 Å². The Hall–Kier alpha value is -2.85. The molecule has 5 heteroatoms. The number of nitrogens with zero attached hydrogens (tertiary/aromatic N) is 2. The van der Waals surface area contributed by atoms with Crippen LogP contribution in [-0.4, -0.2) is 9.38 Å². The van der Waals surface area contributed by atoms with E-state index in [1.54, 1.807) is 6.07 Å². The number of pyridine rings is 1. The van der Waals surface area contributed by atoms with Crippen LogP contribution in [0, 0.1) is 12.7 Å². The van der Waals surface area contributed by atoms with Gasteiger partial charge >= 0.3 is 0 Å². The van der Waals surface area contributed by atoms with Gasteiger partial charge in [0.15, 0.2) is 0 Å². The number of fused-ring (bicyclic) bond motifs is 1. The fourth-order valence-electron chi connectivity index (χ4n) is 3.26. The lowest BCUT2D eigenvalue weighted by atomic mass is 10.1. The molecule has 0 aliphatic heterocycles. The summed E-state index contributed by atoms with van der Waals surface area (Å²) in [7, 11) is 0. The molecule has 0 atom stereocenters. The highest BCUT2D eigenvalue weighted by atomic mass is 35.5. The molecule has 4 rings (SSSR count). The van der Waals surface area contributed by atoms with Crippen LogP contribution in [0.1, 0.15) is 18.2 Å². The van der Waals surface area contributed by atoms with Crippen molar-refractivity contribution in [1.29, 1.82) is 0 Å². The number of hydrogen-bond donors (Lipinski definition) is 1. The van der Waals surface area contributed by atoms with E-state index in [9.17, 15) is 4.39 Å². The molecule has 2 aromatic carbocycles. The van der Waals surface area contributed by atoms with Gasteiger partial charge in [0, 0.05) is 16.9 Å². The Morgan fingerprint density at radius 2 is 1.89 bits per heavy atom. The van der Waals surface area contributed by atoms with Crippen molar-refractivity contribution in [3.8, 4) is 11.3 Å². The van der Waals surface area contributed by atoms with Gasteiger partial charge < -0.3 is 5.32 Å². The third-order valence-corrected chi connectivity index (χ3v) is 4.98. The molecule has 1 N–H and O–H groups in total. The van der Waals surface area contributed by atoms with Gasteiger partial charge in [0.05, 0.1) is 5.02 Å². The van der Waals surface area contributed by atoms with E-state index in [0.717, 1.165) is 34.8 Å². The van der Waals surface area contributed by atoms with Gasteiger partial charge in [0.2, 0.25) is 0 Å². The van der Waals surface area contributed by atoms with Crippen molar-refractivity contribution in [2.45, 2.75) is 20.3 Å². The van der Waals surface area contributed by atoms with E-state index < -0.39 is 0 Å². The molecule has 0 bridgehead atoms. The van der Waals surface area contributed by atoms with Gasteiger partial charge in [-0.15, -0.1) is 0 Å². The first-order chi connectivity index (χ1) is 13.1. The van der Waals surface area contributed by atoms with Crippen LogP contribution in [0.2, 0.25) is 5.02 Å². The third-order valence-electron chi connectivity index (χ3n) is 4.67. The largest absolute Gasteiger partial charge is 0.339 e. The summed E-state index contributed by atoms with van der Waals surface area (Å²) in [5.41, 5.74) is 5.45. The first-order valence-electron chi connectivity index (χ1n) is 8.87. The quantitative estimate of drug-likeness (QED) is 0.444. The number of para-hydroxylation sites is 1. The summed E-state index contributed by atoms with van der Waals surface area (Å²) in [5, 5.41) is 3.86. The molecule has 136 valence electrons. The minimum atomic E-state index is -0.366. The fourth-order valence-corrected chi connectivity index (χ4v) is 3.52. The Kier molecular flexibility index (Phi) is 4.58. The second-order valence-electron chi connectivity index (χ2n) is 6.44. The van der Waals surface area contributed by atoms with E-state index in [-0.39, 0.29) is 5.82 Å². The van der Waals surface area contributed by atoms with Gasteiger partial charge in [0.1, 0.15) is 23.0 Å².